The van der Waals surface area contributed by atoms with E-state index in [4.69, 9.17) is 4.74 Å². The minimum atomic E-state index is -0.179. The number of esters is 1. The van der Waals surface area contributed by atoms with Crippen LogP contribution in [0.1, 0.15) is 11.7 Å². The molecule has 1 fully saturated rings. The summed E-state index contributed by atoms with van der Waals surface area (Å²) in [5, 5.41) is 0. The van der Waals surface area contributed by atoms with Gasteiger partial charge in [0.05, 0.1) is 19.0 Å². The molecule has 86 valence electrons. The summed E-state index contributed by atoms with van der Waals surface area (Å²) < 4.78 is 10.1. The van der Waals surface area contributed by atoms with Crippen LogP contribution in [-0.2, 0) is 14.3 Å². The van der Waals surface area contributed by atoms with Gasteiger partial charge in [0.1, 0.15) is 6.10 Å². The minimum Gasteiger partial charge on any atom is -0.468 e. The Morgan fingerprint density at radius 2 is 2.19 bits per heavy atom. The molecule has 0 amide bonds. The molecule has 1 aliphatic heterocycles. The van der Waals surface area contributed by atoms with Crippen LogP contribution >= 0.6 is 11.8 Å². The maximum absolute atomic E-state index is 10.9. The average molecular weight is 238 g/mol. The van der Waals surface area contributed by atoms with Crippen LogP contribution in [0.4, 0.5) is 0 Å². The van der Waals surface area contributed by atoms with Gasteiger partial charge in [0, 0.05) is 5.75 Å². The third-order valence-electron chi connectivity index (χ3n) is 2.44. The van der Waals surface area contributed by atoms with E-state index in [9.17, 15) is 4.79 Å². The Bertz CT molecular complexity index is 353. The number of thioether (sulfide) groups is 1. The number of ether oxygens (including phenoxy) is 2. The molecule has 1 aromatic carbocycles. The van der Waals surface area contributed by atoms with Crippen molar-refractivity contribution in [2.45, 2.75) is 12.2 Å². The van der Waals surface area contributed by atoms with Crippen LogP contribution in [-0.4, -0.2) is 30.7 Å². The van der Waals surface area contributed by atoms with Crippen molar-refractivity contribution in [3.05, 3.63) is 35.9 Å². The van der Waals surface area contributed by atoms with Gasteiger partial charge in [-0.2, -0.15) is 0 Å². The first kappa shape index (κ1) is 11.5. The van der Waals surface area contributed by atoms with E-state index in [0.717, 1.165) is 5.75 Å². The van der Waals surface area contributed by atoms with Crippen molar-refractivity contribution < 1.29 is 14.3 Å². The van der Waals surface area contributed by atoms with Crippen LogP contribution in [0, 0.1) is 0 Å². The zero-order chi connectivity index (χ0) is 11.4. The second-order valence-electron chi connectivity index (χ2n) is 3.60. The maximum atomic E-state index is 10.9. The topological polar surface area (TPSA) is 38.8 Å². The summed E-state index contributed by atoms with van der Waals surface area (Å²) in [5.41, 5.74) is 1.21. The Kier molecular flexibility index (Phi) is 3.85. The highest BCUT2D eigenvalue weighted by Crippen LogP contribution is 2.40. The van der Waals surface area contributed by atoms with Crippen LogP contribution in [0.25, 0.3) is 0 Å². The Morgan fingerprint density at radius 3 is 2.88 bits per heavy atom. The fourth-order valence-electron chi connectivity index (χ4n) is 1.52. The van der Waals surface area contributed by atoms with Crippen molar-refractivity contribution in [3.8, 4) is 0 Å². The predicted octanol–water partition coefficient (Wildman–Crippen LogP) is 2.03. The molecular formula is C12H14O3S. The average Bonchev–Trinajstić information content (AvgIpc) is 3.09. The number of carbonyl (C=O) groups is 1. The molecule has 2 atom stereocenters. The van der Waals surface area contributed by atoms with Crippen molar-refractivity contribution >= 4 is 17.7 Å². The van der Waals surface area contributed by atoms with Crippen LogP contribution in [0.2, 0.25) is 0 Å². The quantitative estimate of drug-likeness (QED) is 0.581. The van der Waals surface area contributed by atoms with Gasteiger partial charge in [-0.15, -0.1) is 11.8 Å². The third kappa shape index (κ3) is 3.00. The highest BCUT2D eigenvalue weighted by Gasteiger charge is 2.39. The van der Waals surface area contributed by atoms with Gasteiger partial charge < -0.3 is 9.47 Å². The first-order valence-corrected chi connectivity index (χ1v) is 6.31. The molecule has 0 spiro atoms. The van der Waals surface area contributed by atoms with E-state index in [-0.39, 0.29) is 18.2 Å². The van der Waals surface area contributed by atoms with Gasteiger partial charge in [-0.25, -0.2) is 0 Å². The molecule has 1 heterocycles. The number of hydrogen-bond donors (Lipinski definition) is 0. The van der Waals surface area contributed by atoms with E-state index in [2.05, 4.69) is 16.9 Å². The molecule has 0 aliphatic carbocycles. The molecule has 16 heavy (non-hydrogen) atoms. The van der Waals surface area contributed by atoms with Crippen molar-refractivity contribution in [2.24, 2.45) is 0 Å². The Hall–Kier alpha value is -1.00. The Balaban J connectivity index is 1.70. The summed E-state index contributed by atoms with van der Waals surface area (Å²) >= 11 is 1.56. The van der Waals surface area contributed by atoms with E-state index in [1.807, 2.05) is 18.2 Å². The summed E-state index contributed by atoms with van der Waals surface area (Å²) in [4.78, 5) is 10.9. The Morgan fingerprint density at radius 1 is 1.44 bits per heavy atom. The van der Waals surface area contributed by atoms with Crippen LogP contribution in [0.3, 0.4) is 0 Å². The fraction of sp³-hybridized carbons (Fsp3) is 0.417. The molecule has 1 unspecified atom stereocenters. The van der Waals surface area contributed by atoms with Crippen LogP contribution < -0.4 is 0 Å². The monoisotopic (exact) mass is 238 g/mol. The van der Waals surface area contributed by atoms with E-state index < -0.39 is 0 Å². The first-order valence-electron chi connectivity index (χ1n) is 5.16. The van der Waals surface area contributed by atoms with Crippen molar-refractivity contribution in [2.75, 3.05) is 18.6 Å². The minimum absolute atomic E-state index is 0.179. The molecule has 3 nitrogen and oxygen atoms in total. The molecule has 0 bridgehead atoms. The highest BCUT2D eigenvalue weighted by atomic mass is 32.2. The van der Waals surface area contributed by atoms with Crippen LogP contribution in [0.15, 0.2) is 30.3 Å². The lowest BCUT2D eigenvalue weighted by Crippen LogP contribution is -2.05. The van der Waals surface area contributed by atoms with Crippen molar-refractivity contribution in [1.29, 1.82) is 0 Å². The van der Waals surface area contributed by atoms with Gasteiger partial charge >= 0.3 is 5.97 Å². The van der Waals surface area contributed by atoms with E-state index in [1.165, 1.54) is 12.7 Å². The summed E-state index contributed by atoms with van der Waals surface area (Å²) in [6, 6.07) is 10.1. The largest absolute Gasteiger partial charge is 0.468 e. The second-order valence-corrected chi connectivity index (χ2v) is 4.63. The van der Waals surface area contributed by atoms with Crippen molar-refractivity contribution in [3.63, 3.8) is 0 Å². The number of rotatable bonds is 5. The number of carbonyl (C=O) groups excluding carboxylic acids is 1. The molecule has 1 aliphatic rings. The van der Waals surface area contributed by atoms with Gasteiger partial charge in [0.2, 0.25) is 0 Å². The fourth-order valence-corrected chi connectivity index (χ4v) is 2.41. The van der Waals surface area contributed by atoms with Gasteiger partial charge in [-0.05, 0) is 5.56 Å². The molecule has 0 radical (unpaired) electrons. The molecule has 2 rings (SSSR count). The second kappa shape index (κ2) is 5.37. The molecule has 1 saturated heterocycles. The van der Waals surface area contributed by atoms with E-state index in [0.29, 0.717) is 5.75 Å². The maximum Gasteiger partial charge on any atom is 0.315 e. The SMILES string of the molecule is COC(=O)CSC[C@@H]1OC1c1ccccc1. The summed E-state index contributed by atoms with van der Waals surface area (Å²) in [7, 11) is 1.41. The van der Waals surface area contributed by atoms with Crippen LogP contribution in [0.5, 0.6) is 0 Å². The predicted molar refractivity (Wildman–Crippen MR) is 63.4 cm³/mol. The van der Waals surface area contributed by atoms with E-state index in [1.54, 1.807) is 11.8 Å². The molecule has 0 saturated carbocycles. The van der Waals surface area contributed by atoms with Gasteiger partial charge in [0.25, 0.3) is 0 Å². The normalized spacial score (nSPS) is 22.8. The standard InChI is InChI=1S/C12H14O3S/c1-14-11(13)8-16-7-10-12(15-10)9-5-3-2-4-6-9/h2-6,10,12H,7-8H2,1H3/t10-,12?/m0/s1. The summed E-state index contributed by atoms with van der Waals surface area (Å²) in [6.07, 6.45) is 0.461. The van der Waals surface area contributed by atoms with Crippen molar-refractivity contribution in [1.82, 2.24) is 0 Å². The van der Waals surface area contributed by atoms with Gasteiger partial charge in [-0.3, -0.25) is 4.79 Å². The van der Waals surface area contributed by atoms with Gasteiger partial charge in [0.15, 0.2) is 0 Å². The lowest BCUT2D eigenvalue weighted by Gasteiger charge is -1.97. The lowest BCUT2D eigenvalue weighted by atomic mass is 10.1. The lowest BCUT2D eigenvalue weighted by molar-refractivity contribution is -0.137. The summed E-state index contributed by atoms with van der Waals surface area (Å²) in [5.74, 6) is 1.06. The smallest absolute Gasteiger partial charge is 0.315 e. The number of benzene rings is 1. The zero-order valence-electron chi connectivity index (χ0n) is 9.09. The zero-order valence-corrected chi connectivity index (χ0v) is 9.91. The Labute approximate surface area is 99.1 Å². The number of hydrogen-bond acceptors (Lipinski definition) is 4. The number of epoxide rings is 1. The molecule has 0 N–H and O–H groups in total. The first-order chi connectivity index (χ1) is 7.81. The van der Waals surface area contributed by atoms with Gasteiger partial charge in [-0.1, -0.05) is 30.3 Å². The van der Waals surface area contributed by atoms with E-state index >= 15 is 0 Å². The molecule has 1 aromatic rings. The summed E-state index contributed by atoms with van der Waals surface area (Å²) in [6.45, 7) is 0. The molecule has 4 heteroatoms. The molecular weight excluding hydrogens is 224 g/mol. The third-order valence-corrected chi connectivity index (χ3v) is 3.44. The number of methoxy groups -OCH3 is 1. The molecule has 0 aromatic heterocycles. The highest BCUT2D eigenvalue weighted by molar-refractivity contribution is 7.99.